The molecule has 0 spiro atoms. The van der Waals surface area contributed by atoms with E-state index < -0.39 is 6.17 Å². The molecule has 1 unspecified atom stereocenters. The lowest BCUT2D eigenvalue weighted by Gasteiger charge is -2.32. The van der Waals surface area contributed by atoms with E-state index in [9.17, 15) is 19.2 Å². The van der Waals surface area contributed by atoms with Crippen molar-refractivity contribution in [2.75, 3.05) is 10.2 Å². The van der Waals surface area contributed by atoms with Crippen LogP contribution in [0.1, 0.15) is 22.1 Å². The number of aromatic nitrogens is 2. The number of imidazole rings is 1. The van der Waals surface area contributed by atoms with Crippen molar-refractivity contribution in [3.05, 3.63) is 127 Å². The van der Waals surface area contributed by atoms with Crippen LogP contribution in [0.25, 0.3) is 81.3 Å². The molecule has 10 aromatic rings. The first-order valence-electron chi connectivity index (χ1n) is 15.1. The van der Waals surface area contributed by atoms with E-state index >= 15 is 0 Å². The Balaban J connectivity index is 1.34. The summed E-state index contributed by atoms with van der Waals surface area (Å²) in [4.78, 5) is 64.2. The van der Waals surface area contributed by atoms with E-state index in [4.69, 9.17) is 4.98 Å². The number of benzene rings is 8. The molecule has 0 aliphatic carbocycles. The van der Waals surface area contributed by atoms with Crippen molar-refractivity contribution in [2.24, 2.45) is 0 Å². The van der Waals surface area contributed by atoms with Crippen molar-refractivity contribution in [2.45, 2.75) is 6.17 Å². The summed E-state index contributed by atoms with van der Waals surface area (Å²) in [7, 11) is 0. The van der Waals surface area contributed by atoms with Gasteiger partial charge in [-0.3, -0.25) is 28.5 Å². The first-order chi connectivity index (χ1) is 22.5. The number of hydrogen-bond acceptors (Lipinski definition) is 6. The molecule has 2 aliphatic rings. The number of anilines is 2. The average molecular weight is 593 g/mol. The van der Waals surface area contributed by atoms with Crippen molar-refractivity contribution in [3.8, 4) is 0 Å². The molecular formula is C38H16N4O4. The standard InChI is InChI=1S/C38H16N4O4/c43-33-15-9-11-17-27-21(37(45)41-25-7-3-1-5-23(25)39-35(17)41)13-19-31(29(15)27)32-20(33)14-22-28-18(12-10-16(30(28)32)34(19)44)36-40-24-6-2-4-8-26(24)42(36)38(22)46/h1-14,35,39H. The number of nitrogens with zero attached hydrogens (tertiary/aromatic N) is 3. The number of carbonyl (C=O) groups excluding carboxylic acids is 1. The molecule has 0 saturated carbocycles. The topological polar surface area (TPSA) is 101 Å². The second-order valence-electron chi connectivity index (χ2n) is 12.5. The van der Waals surface area contributed by atoms with Gasteiger partial charge in [-0.05, 0) is 54.6 Å². The van der Waals surface area contributed by atoms with Crippen LogP contribution in [0.15, 0.2) is 99.3 Å². The molecule has 0 fully saturated rings. The quantitative estimate of drug-likeness (QED) is 0.163. The van der Waals surface area contributed by atoms with Gasteiger partial charge in [0, 0.05) is 75.8 Å². The summed E-state index contributed by atoms with van der Waals surface area (Å²) in [5.41, 5.74) is 4.04. The third-order valence-electron chi connectivity index (χ3n) is 10.5. The molecule has 0 saturated heterocycles. The van der Waals surface area contributed by atoms with Crippen molar-refractivity contribution < 1.29 is 4.79 Å². The Bertz CT molecular complexity index is 3280. The Morgan fingerprint density at radius 2 is 1.28 bits per heavy atom. The monoisotopic (exact) mass is 592 g/mol. The minimum Gasteiger partial charge on any atom is -0.359 e. The molecule has 46 heavy (non-hydrogen) atoms. The van der Waals surface area contributed by atoms with Crippen molar-refractivity contribution in [1.29, 1.82) is 0 Å². The fourth-order valence-corrected chi connectivity index (χ4v) is 8.72. The fourth-order valence-electron chi connectivity index (χ4n) is 8.72. The summed E-state index contributed by atoms with van der Waals surface area (Å²) in [6.45, 7) is 0. The maximum Gasteiger partial charge on any atom is 0.264 e. The third kappa shape index (κ3) is 2.25. The van der Waals surface area contributed by atoms with Crippen LogP contribution < -0.4 is 26.6 Å². The first kappa shape index (κ1) is 23.0. The lowest BCUT2D eigenvalue weighted by atomic mass is 9.81. The normalized spacial score (nSPS) is 16.0. The number of pyridine rings is 1. The minimum atomic E-state index is -0.446. The Morgan fingerprint density at radius 1 is 0.609 bits per heavy atom. The molecule has 2 aromatic heterocycles. The highest BCUT2D eigenvalue weighted by atomic mass is 16.2. The second kappa shape index (κ2) is 7.11. The summed E-state index contributed by atoms with van der Waals surface area (Å²) in [6, 6.07) is 25.9. The predicted molar refractivity (Wildman–Crippen MR) is 181 cm³/mol. The van der Waals surface area contributed by atoms with Crippen LogP contribution in [0.2, 0.25) is 0 Å². The molecule has 1 N–H and O–H groups in total. The summed E-state index contributed by atoms with van der Waals surface area (Å²) in [6.07, 6.45) is -0.446. The van der Waals surface area contributed by atoms with Gasteiger partial charge < -0.3 is 5.32 Å². The highest BCUT2D eigenvalue weighted by molar-refractivity contribution is 6.42. The van der Waals surface area contributed by atoms with E-state index in [-0.39, 0.29) is 22.3 Å². The smallest absolute Gasteiger partial charge is 0.264 e. The Hall–Kier alpha value is -6.41. The van der Waals surface area contributed by atoms with Gasteiger partial charge in [-0.2, -0.15) is 0 Å². The Morgan fingerprint density at radius 3 is 2.13 bits per heavy atom. The van der Waals surface area contributed by atoms with Gasteiger partial charge in [-0.25, -0.2) is 4.98 Å². The lowest BCUT2D eigenvalue weighted by Crippen LogP contribution is -2.38. The van der Waals surface area contributed by atoms with Gasteiger partial charge in [-0.1, -0.05) is 30.3 Å². The van der Waals surface area contributed by atoms with E-state index in [1.54, 1.807) is 33.6 Å². The molecule has 8 aromatic carbocycles. The number of hydrogen-bond donors (Lipinski definition) is 1. The number of nitrogens with one attached hydrogen (secondary N) is 1. The lowest BCUT2D eigenvalue weighted by molar-refractivity contribution is 0.0980. The molecule has 0 bridgehead atoms. The van der Waals surface area contributed by atoms with Gasteiger partial charge in [0.1, 0.15) is 11.8 Å². The summed E-state index contributed by atoms with van der Waals surface area (Å²) in [5, 5.41) is 10.1. The second-order valence-corrected chi connectivity index (χ2v) is 12.5. The number of para-hydroxylation sites is 4. The number of amides is 1. The van der Waals surface area contributed by atoms with Crippen LogP contribution in [0.3, 0.4) is 0 Å². The zero-order valence-electron chi connectivity index (χ0n) is 23.6. The van der Waals surface area contributed by atoms with Gasteiger partial charge in [0.25, 0.3) is 11.5 Å². The average Bonchev–Trinajstić information content (AvgIpc) is 3.67. The van der Waals surface area contributed by atoms with Crippen LogP contribution in [0, 0.1) is 0 Å². The van der Waals surface area contributed by atoms with Gasteiger partial charge >= 0.3 is 0 Å². The van der Waals surface area contributed by atoms with E-state index in [0.29, 0.717) is 81.5 Å². The molecule has 1 atom stereocenters. The van der Waals surface area contributed by atoms with Gasteiger partial charge in [0.05, 0.1) is 22.4 Å². The van der Waals surface area contributed by atoms with Gasteiger partial charge in [0.2, 0.25) is 0 Å². The van der Waals surface area contributed by atoms with Crippen molar-refractivity contribution in [3.63, 3.8) is 0 Å². The SMILES string of the molecule is O=C1c2cc3c(=O)c4ccc5c6c(cc7c(=O)c8ccc(c2c8c3c7c46)C2Nc3ccccc3N12)c(=O)n1c2ccccc2nc51. The van der Waals surface area contributed by atoms with Crippen molar-refractivity contribution >= 4 is 98.6 Å². The zero-order chi connectivity index (χ0) is 30.3. The van der Waals surface area contributed by atoms with Crippen LogP contribution in [0.5, 0.6) is 0 Å². The number of carbonyl (C=O) groups is 1. The maximum absolute atomic E-state index is 14.5. The highest BCUT2D eigenvalue weighted by Crippen LogP contribution is 2.51. The summed E-state index contributed by atoms with van der Waals surface area (Å²) in [5.74, 6) is -0.221. The largest absolute Gasteiger partial charge is 0.359 e. The van der Waals surface area contributed by atoms with Crippen LogP contribution in [-0.4, -0.2) is 15.3 Å². The number of rotatable bonds is 0. The highest BCUT2D eigenvalue weighted by Gasteiger charge is 2.42. The van der Waals surface area contributed by atoms with Crippen LogP contribution >= 0.6 is 0 Å². The van der Waals surface area contributed by atoms with Crippen LogP contribution in [0.4, 0.5) is 11.4 Å². The first-order valence-corrected chi connectivity index (χ1v) is 15.1. The van der Waals surface area contributed by atoms with E-state index in [1.165, 1.54) is 0 Å². The third-order valence-corrected chi connectivity index (χ3v) is 10.5. The van der Waals surface area contributed by atoms with E-state index in [2.05, 4.69) is 5.32 Å². The van der Waals surface area contributed by atoms with Crippen molar-refractivity contribution in [1.82, 2.24) is 9.38 Å². The predicted octanol–water partition coefficient (Wildman–Crippen LogP) is 6.32. The number of fused-ring (bicyclic) bond motifs is 8. The maximum atomic E-state index is 14.5. The molecular weight excluding hydrogens is 576 g/mol. The molecule has 8 nitrogen and oxygen atoms in total. The molecule has 2 aliphatic heterocycles. The summed E-state index contributed by atoms with van der Waals surface area (Å²) >= 11 is 0. The van der Waals surface area contributed by atoms with E-state index in [1.807, 2.05) is 60.7 Å². The summed E-state index contributed by atoms with van der Waals surface area (Å²) < 4.78 is 1.61. The van der Waals surface area contributed by atoms with Gasteiger partial charge in [-0.15, -0.1) is 0 Å². The van der Waals surface area contributed by atoms with Gasteiger partial charge in [0.15, 0.2) is 10.9 Å². The minimum absolute atomic E-state index is 0.221. The zero-order valence-corrected chi connectivity index (χ0v) is 23.6. The van der Waals surface area contributed by atoms with Crippen LogP contribution in [-0.2, 0) is 0 Å². The molecule has 0 radical (unpaired) electrons. The molecule has 4 heterocycles. The Kier molecular flexibility index (Phi) is 3.56. The molecule has 12 rings (SSSR count). The fraction of sp³-hybridized carbons (Fsp3) is 0.0263. The Labute approximate surface area is 255 Å². The molecule has 8 heteroatoms. The molecule has 1 amide bonds. The molecule has 212 valence electrons. The van der Waals surface area contributed by atoms with E-state index in [0.717, 1.165) is 22.3 Å².